The largest absolute Gasteiger partial charge is 0.342 e. The molecule has 2 N–H and O–H groups in total. The number of carbonyl (C=O) groups excluding carboxylic acids is 2. The minimum Gasteiger partial charge on any atom is -0.342 e. The van der Waals surface area contributed by atoms with E-state index in [9.17, 15) is 14.0 Å². The van der Waals surface area contributed by atoms with E-state index in [2.05, 4.69) is 24.1 Å². The molecule has 1 aliphatic carbocycles. The molecule has 3 rings (SSSR count). The molecule has 1 fully saturated rings. The second-order valence-electron chi connectivity index (χ2n) is 6.77. The van der Waals surface area contributed by atoms with E-state index in [1.165, 1.54) is 6.07 Å². The Balaban J connectivity index is 1.90. The summed E-state index contributed by atoms with van der Waals surface area (Å²) in [7, 11) is 0. The molecule has 26 heavy (non-hydrogen) atoms. The molecule has 2 aromatic rings. The molecule has 0 spiro atoms. The summed E-state index contributed by atoms with van der Waals surface area (Å²) < 4.78 is 14.4. The van der Waals surface area contributed by atoms with Crippen LogP contribution in [0.2, 0.25) is 0 Å². The van der Waals surface area contributed by atoms with E-state index in [1.54, 1.807) is 42.5 Å². The maximum absolute atomic E-state index is 14.4. The van der Waals surface area contributed by atoms with Gasteiger partial charge in [0, 0.05) is 5.56 Å². The number of hydrogen-bond donors (Lipinski definition) is 2. The second-order valence-corrected chi connectivity index (χ2v) is 6.77. The summed E-state index contributed by atoms with van der Waals surface area (Å²) in [6.45, 7) is 5.49. The Hall–Kier alpha value is -2.95. The summed E-state index contributed by atoms with van der Waals surface area (Å²) in [6, 6.07) is 13.3. The third-order valence-electron chi connectivity index (χ3n) is 4.75. The van der Waals surface area contributed by atoms with Gasteiger partial charge in [0.25, 0.3) is 5.91 Å². The smallest absolute Gasteiger partial charge is 0.254 e. The first kappa shape index (κ1) is 17.9. The highest BCUT2D eigenvalue weighted by molar-refractivity contribution is 6.06. The molecule has 0 bridgehead atoms. The van der Waals surface area contributed by atoms with Gasteiger partial charge in [-0.3, -0.25) is 9.59 Å². The van der Waals surface area contributed by atoms with Crippen LogP contribution in [-0.2, 0) is 10.3 Å². The average molecular weight is 352 g/mol. The van der Waals surface area contributed by atoms with Crippen molar-refractivity contribution in [3.63, 3.8) is 0 Å². The van der Waals surface area contributed by atoms with Gasteiger partial charge in [-0.05, 0) is 43.0 Å². The maximum atomic E-state index is 14.4. The van der Waals surface area contributed by atoms with Gasteiger partial charge in [-0.1, -0.05) is 43.8 Å². The Morgan fingerprint density at radius 3 is 2.46 bits per heavy atom. The van der Waals surface area contributed by atoms with Crippen molar-refractivity contribution in [2.24, 2.45) is 5.92 Å². The van der Waals surface area contributed by atoms with Crippen molar-refractivity contribution in [2.45, 2.75) is 25.3 Å². The zero-order valence-electron chi connectivity index (χ0n) is 14.6. The number of carbonyl (C=O) groups is 2. The van der Waals surface area contributed by atoms with Gasteiger partial charge in [-0.25, -0.2) is 4.39 Å². The van der Waals surface area contributed by atoms with Crippen LogP contribution in [-0.4, -0.2) is 11.8 Å². The lowest BCUT2D eigenvalue weighted by atomic mass is 9.65. The lowest BCUT2D eigenvalue weighted by molar-refractivity contribution is -0.111. The van der Waals surface area contributed by atoms with Crippen molar-refractivity contribution < 1.29 is 14.0 Å². The Morgan fingerprint density at radius 1 is 1.15 bits per heavy atom. The summed E-state index contributed by atoms with van der Waals surface area (Å²) >= 11 is 0. The number of anilines is 1. The van der Waals surface area contributed by atoms with E-state index in [-0.39, 0.29) is 11.7 Å². The lowest BCUT2D eigenvalue weighted by Gasteiger charge is -2.47. The summed E-state index contributed by atoms with van der Waals surface area (Å²) in [6.07, 6.45) is 2.48. The van der Waals surface area contributed by atoms with Crippen LogP contribution in [0.5, 0.6) is 0 Å². The van der Waals surface area contributed by atoms with Crippen LogP contribution in [0, 0.1) is 11.7 Å². The molecule has 134 valence electrons. The topological polar surface area (TPSA) is 58.2 Å². The summed E-state index contributed by atoms with van der Waals surface area (Å²) in [5, 5.41) is 5.64. The van der Waals surface area contributed by atoms with Gasteiger partial charge in [0.2, 0.25) is 5.91 Å². The molecule has 0 aromatic heterocycles. The summed E-state index contributed by atoms with van der Waals surface area (Å²) in [5.74, 6) is -0.676. The number of nitrogens with one attached hydrogen (secondary N) is 2. The van der Waals surface area contributed by atoms with Crippen molar-refractivity contribution in [3.05, 3.63) is 78.1 Å². The van der Waals surface area contributed by atoms with Gasteiger partial charge in [-0.2, -0.15) is 0 Å². The Bertz CT molecular complexity index is 857. The fourth-order valence-corrected chi connectivity index (χ4v) is 3.63. The van der Waals surface area contributed by atoms with E-state index < -0.39 is 11.4 Å². The molecule has 0 heterocycles. The summed E-state index contributed by atoms with van der Waals surface area (Å²) in [4.78, 5) is 24.5. The van der Waals surface area contributed by atoms with Gasteiger partial charge >= 0.3 is 0 Å². The molecule has 4 nitrogen and oxygen atoms in total. The van der Waals surface area contributed by atoms with Crippen molar-refractivity contribution >= 4 is 17.5 Å². The van der Waals surface area contributed by atoms with Crippen molar-refractivity contribution in [1.29, 1.82) is 0 Å². The van der Waals surface area contributed by atoms with Crippen LogP contribution in [0.3, 0.4) is 0 Å². The van der Waals surface area contributed by atoms with E-state index in [1.807, 2.05) is 0 Å². The Morgan fingerprint density at radius 2 is 1.81 bits per heavy atom. The zero-order chi connectivity index (χ0) is 18.7. The van der Waals surface area contributed by atoms with E-state index in [0.717, 1.165) is 6.08 Å². The van der Waals surface area contributed by atoms with Gasteiger partial charge in [0.05, 0.1) is 16.8 Å². The number of benzene rings is 2. The van der Waals surface area contributed by atoms with E-state index in [4.69, 9.17) is 0 Å². The average Bonchev–Trinajstić information content (AvgIpc) is 2.60. The fourth-order valence-electron chi connectivity index (χ4n) is 3.63. The molecular formula is C21H21FN2O2. The second kappa shape index (κ2) is 7.12. The zero-order valence-corrected chi connectivity index (χ0v) is 14.6. The van der Waals surface area contributed by atoms with Crippen molar-refractivity contribution in [1.82, 2.24) is 5.32 Å². The highest BCUT2D eigenvalue weighted by atomic mass is 19.1. The maximum Gasteiger partial charge on any atom is 0.254 e. The van der Waals surface area contributed by atoms with Crippen LogP contribution in [0.25, 0.3) is 0 Å². The van der Waals surface area contributed by atoms with Crippen molar-refractivity contribution in [3.8, 4) is 0 Å². The fraction of sp³-hybridized carbons (Fsp3) is 0.238. The number of amides is 2. The molecule has 2 aromatic carbocycles. The molecular weight excluding hydrogens is 331 g/mol. The Kier molecular flexibility index (Phi) is 4.89. The lowest BCUT2D eigenvalue weighted by Crippen LogP contribution is -2.54. The van der Waals surface area contributed by atoms with Crippen LogP contribution < -0.4 is 10.6 Å². The van der Waals surface area contributed by atoms with Gasteiger partial charge < -0.3 is 10.6 Å². The quantitative estimate of drug-likeness (QED) is 0.799. The van der Waals surface area contributed by atoms with Gasteiger partial charge in [-0.15, -0.1) is 0 Å². The standard InChI is InChI=1S/C21H21FN2O2/c1-3-19(25)23-18-11-7-4-8-15(18)20(26)24-21(12-14(2)13-21)16-9-5-6-10-17(16)22/h3-11,14H,1,12-13H2,2H3,(H,23,25)(H,24,26). The predicted molar refractivity (Wildman–Crippen MR) is 99.2 cm³/mol. The normalized spacial score (nSPS) is 21.4. The molecule has 5 heteroatoms. The number of para-hydroxylation sites is 1. The SMILES string of the molecule is C=CC(=O)Nc1ccccc1C(=O)NC1(c2ccccc2F)CC(C)C1. The first-order valence-corrected chi connectivity index (χ1v) is 8.55. The van der Waals surface area contributed by atoms with Crippen LogP contribution in [0.15, 0.2) is 61.2 Å². The molecule has 0 unspecified atom stereocenters. The van der Waals surface area contributed by atoms with Crippen LogP contribution in [0.4, 0.5) is 10.1 Å². The molecule has 2 amide bonds. The molecule has 0 radical (unpaired) electrons. The monoisotopic (exact) mass is 352 g/mol. The molecule has 0 aliphatic heterocycles. The first-order valence-electron chi connectivity index (χ1n) is 8.55. The Labute approximate surface area is 152 Å². The molecule has 0 atom stereocenters. The van der Waals surface area contributed by atoms with Gasteiger partial charge in [0.1, 0.15) is 5.82 Å². The minimum absolute atomic E-state index is 0.326. The highest BCUT2D eigenvalue weighted by Crippen LogP contribution is 2.46. The number of hydrogen-bond acceptors (Lipinski definition) is 2. The molecule has 1 aliphatic rings. The highest BCUT2D eigenvalue weighted by Gasteiger charge is 2.46. The summed E-state index contributed by atoms with van der Waals surface area (Å²) in [5.41, 5.74) is 0.500. The van der Waals surface area contributed by atoms with Gasteiger partial charge in [0.15, 0.2) is 0 Å². The molecule has 1 saturated carbocycles. The predicted octanol–water partition coefficient (Wildman–Crippen LogP) is 4.01. The first-order chi connectivity index (χ1) is 12.4. The third-order valence-corrected chi connectivity index (χ3v) is 4.75. The third kappa shape index (κ3) is 3.38. The number of halogens is 1. The minimum atomic E-state index is -0.725. The van der Waals surface area contributed by atoms with Crippen LogP contribution >= 0.6 is 0 Å². The van der Waals surface area contributed by atoms with Crippen molar-refractivity contribution in [2.75, 3.05) is 5.32 Å². The van der Waals surface area contributed by atoms with E-state index >= 15 is 0 Å². The molecule has 0 saturated heterocycles. The number of rotatable bonds is 5. The van der Waals surface area contributed by atoms with Crippen LogP contribution in [0.1, 0.15) is 35.7 Å². The van der Waals surface area contributed by atoms with E-state index in [0.29, 0.717) is 35.6 Å².